The van der Waals surface area contributed by atoms with Crippen LogP contribution in [-0.2, 0) is 0 Å². The third-order valence-corrected chi connectivity index (χ3v) is 2.04. The average Bonchev–Trinajstić information content (AvgIpc) is 2.20. The molecule has 0 unspecified atom stereocenters. The lowest BCUT2D eigenvalue weighted by Crippen LogP contribution is -2.10. The zero-order valence-electron chi connectivity index (χ0n) is 8.66. The SMILES string of the molecule is CCCCNc1nccc(C(=O)O)c1N. The lowest BCUT2D eigenvalue weighted by atomic mass is 10.2. The zero-order chi connectivity index (χ0) is 11.3. The largest absolute Gasteiger partial charge is 0.478 e. The van der Waals surface area contributed by atoms with Crippen molar-refractivity contribution in [2.75, 3.05) is 17.6 Å². The normalized spacial score (nSPS) is 9.93. The number of carboxylic acid groups (broad SMARTS) is 1. The van der Waals surface area contributed by atoms with Crippen molar-refractivity contribution in [1.29, 1.82) is 0 Å². The highest BCUT2D eigenvalue weighted by molar-refractivity contribution is 5.96. The Kier molecular flexibility index (Phi) is 3.91. The molecule has 0 spiro atoms. The monoisotopic (exact) mass is 209 g/mol. The number of nitrogen functional groups attached to an aromatic ring is 1. The molecule has 0 aliphatic rings. The average molecular weight is 209 g/mol. The van der Waals surface area contributed by atoms with Gasteiger partial charge in [-0.2, -0.15) is 0 Å². The predicted octanol–water partition coefficient (Wildman–Crippen LogP) is 1.57. The number of carbonyl (C=O) groups is 1. The summed E-state index contributed by atoms with van der Waals surface area (Å²) in [6.45, 7) is 2.82. The van der Waals surface area contributed by atoms with Gasteiger partial charge in [-0.05, 0) is 12.5 Å². The fourth-order valence-corrected chi connectivity index (χ4v) is 1.18. The van der Waals surface area contributed by atoms with E-state index < -0.39 is 5.97 Å². The Hall–Kier alpha value is -1.78. The van der Waals surface area contributed by atoms with Crippen LogP contribution in [0.4, 0.5) is 11.5 Å². The first kappa shape index (κ1) is 11.3. The maximum atomic E-state index is 10.8. The van der Waals surface area contributed by atoms with Crippen LogP contribution in [0.1, 0.15) is 30.1 Å². The number of aromatic carboxylic acids is 1. The number of aromatic nitrogens is 1. The first-order valence-corrected chi connectivity index (χ1v) is 4.88. The van der Waals surface area contributed by atoms with Crippen molar-refractivity contribution in [3.05, 3.63) is 17.8 Å². The molecule has 0 amide bonds. The zero-order valence-corrected chi connectivity index (χ0v) is 8.66. The van der Waals surface area contributed by atoms with Crippen molar-refractivity contribution in [3.8, 4) is 0 Å². The fourth-order valence-electron chi connectivity index (χ4n) is 1.18. The van der Waals surface area contributed by atoms with Crippen LogP contribution in [0.5, 0.6) is 0 Å². The van der Waals surface area contributed by atoms with Crippen LogP contribution >= 0.6 is 0 Å². The number of hydrogen-bond acceptors (Lipinski definition) is 4. The summed E-state index contributed by atoms with van der Waals surface area (Å²) in [5, 5.41) is 11.8. The number of anilines is 2. The summed E-state index contributed by atoms with van der Waals surface area (Å²) in [7, 11) is 0. The van der Waals surface area contributed by atoms with Gasteiger partial charge in [0.05, 0.1) is 11.3 Å². The molecule has 1 aromatic heterocycles. The molecular weight excluding hydrogens is 194 g/mol. The Morgan fingerprint density at radius 1 is 1.67 bits per heavy atom. The second-order valence-corrected chi connectivity index (χ2v) is 3.21. The summed E-state index contributed by atoms with van der Waals surface area (Å²) >= 11 is 0. The molecule has 5 nitrogen and oxygen atoms in total. The lowest BCUT2D eigenvalue weighted by molar-refractivity contribution is 0.0698. The van der Waals surface area contributed by atoms with E-state index in [-0.39, 0.29) is 11.3 Å². The molecule has 0 saturated heterocycles. The molecule has 0 atom stereocenters. The predicted molar refractivity (Wildman–Crippen MR) is 59.0 cm³/mol. The van der Waals surface area contributed by atoms with Crippen molar-refractivity contribution >= 4 is 17.5 Å². The van der Waals surface area contributed by atoms with E-state index in [1.165, 1.54) is 12.3 Å². The van der Waals surface area contributed by atoms with Gasteiger partial charge >= 0.3 is 5.97 Å². The molecule has 0 aromatic carbocycles. The molecule has 15 heavy (non-hydrogen) atoms. The van der Waals surface area contributed by atoms with E-state index in [0.29, 0.717) is 5.82 Å². The summed E-state index contributed by atoms with van der Waals surface area (Å²) in [4.78, 5) is 14.8. The first-order chi connectivity index (χ1) is 7.16. The number of pyridine rings is 1. The lowest BCUT2D eigenvalue weighted by Gasteiger charge is -2.08. The van der Waals surface area contributed by atoms with E-state index in [4.69, 9.17) is 10.8 Å². The van der Waals surface area contributed by atoms with Crippen LogP contribution in [0.25, 0.3) is 0 Å². The van der Waals surface area contributed by atoms with E-state index >= 15 is 0 Å². The number of nitrogens with one attached hydrogen (secondary N) is 1. The molecule has 0 saturated carbocycles. The van der Waals surface area contributed by atoms with Gasteiger partial charge in [0.2, 0.25) is 0 Å². The Balaban J connectivity index is 2.80. The van der Waals surface area contributed by atoms with E-state index in [1.807, 2.05) is 0 Å². The quantitative estimate of drug-likeness (QED) is 0.640. The van der Waals surface area contributed by atoms with E-state index in [1.54, 1.807) is 0 Å². The highest BCUT2D eigenvalue weighted by atomic mass is 16.4. The van der Waals surface area contributed by atoms with E-state index in [2.05, 4.69) is 17.2 Å². The van der Waals surface area contributed by atoms with Crippen LogP contribution < -0.4 is 11.1 Å². The molecule has 1 rings (SSSR count). The molecule has 1 heterocycles. The molecular formula is C10H15N3O2. The highest BCUT2D eigenvalue weighted by Gasteiger charge is 2.11. The molecule has 82 valence electrons. The van der Waals surface area contributed by atoms with Crippen LogP contribution in [0.15, 0.2) is 12.3 Å². The van der Waals surface area contributed by atoms with Crippen LogP contribution in [0.3, 0.4) is 0 Å². The Labute approximate surface area is 88.3 Å². The topological polar surface area (TPSA) is 88.2 Å². The van der Waals surface area contributed by atoms with Crippen molar-refractivity contribution in [2.45, 2.75) is 19.8 Å². The molecule has 4 N–H and O–H groups in total. The fraction of sp³-hybridized carbons (Fsp3) is 0.400. The molecule has 0 bridgehead atoms. The Morgan fingerprint density at radius 3 is 3.00 bits per heavy atom. The van der Waals surface area contributed by atoms with E-state index in [0.717, 1.165) is 19.4 Å². The highest BCUT2D eigenvalue weighted by Crippen LogP contribution is 2.19. The minimum absolute atomic E-state index is 0.0870. The number of nitrogens with two attached hydrogens (primary N) is 1. The molecule has 0 aliphatic heterocycles. The summed E-state index contributed by atoms with van der Waals surface area (Å²) in [6.07, 6.45) is 3.50. The number of nitrogens with zero attached hydrogens (tertiary/aromatic N) is 1. The van der Waals surface area contributed by atoms with Gasteiger partial charge in [-0.25, -0.2) is 9.78 Å². The smallest absolute Gasteiger partial charge is 0.337 e. The van der Waals surface area contributed by atoms with Gasteiger partial charge in [-0.3, -0.25) is 0 Å². The maximum absolute atomic E-state index is 10.8. The maximum Gasteiger partial charge on any atom is 0.337 e. The van der Waals surface area contributed by atoms with Crippen molar-refractivity contribution in [3.63, 3.8) is 0 Å². The Bertz CT molecular complexity index is 353. The van der Waals surface area contributed by atoms with E-state index in [9.17, 15) is 4.79 Å². The third-order valence-electron chi connectivity index (χ3n) is 2.04. The van der Waals surface area contributed by atoms with Crippen LogP contribution in [0.2, 0.25) is 0 Å². The van der Waals surface area contributed by atoms with Crippen LogP contribution in [0, 0.1) is 0 Å². The van der Waals surface area contributed by atoms with Crippen LogP contribution in [-0.4, -0.2) is 22.6 Å². The third kappa shape index (κ3) is 2.83. The second-order valence-electron chi connectivity index (χ2n) is 3.21. The number of hydrogen-bond donors (Lipinski definition) is 3. The summed E-state index contributed by atoms with van der Waals surface area (Å²) in [5.41, 5.74) is 5.94. The molecule has 5 heteroatoms. The van der Waals surface area contributed by atoms with Crippen molar-refractivity contribution in [1.82, 2.24) is 4.98 Å². The van der Waals surface area contributed by atoms with Gasteiger partial charge in [-0.1, -0.05) is 13.3 Å². The van der Waals surface area contributed by atoms with Crippen molar-refractivity contribution in [2.24, 2.45) is 0 Å². The molecule has 0 aliphatic carbocycles. The first-order valence-electron chi connectivity index (χ1n) is 4.88. The standard InChI is InChI=1S/C10H15N3O2/c1-2-3-5-12-9-8(11)7(10(14)15)4-6-13-9/h4,6H,2-3,5,11H2,1H3,(H,12,13)(H,14,15). The minimum Gasteiger partial charge on any atom is -0.478 e. The van der Waals surface area contributed by atoms with Gasteiger partial charge in [-0.15, -0.1) is 0 Å². The second kappa shape index (κ2) is 5.19. The summed E-state index contributed by atoms with van der Waals surface area (Å²) in [6, 6.07) is 1.39. The number of unbranched alkanes of at least 4 members (excludes halogenated alkanes) is 1. The molecule has 0 fully saturated rings. The van der Waals surface area contributed by atoms with Gasteiger partial charge in [0, 0.05) is 12.7 Å². The van der Waals surface area contributed by atoms with Crippen molar-refractivity contribution < 1.29 is 9.90 Å². The van der Waals surface area contributed by atoms with Gasteiger partial charge < -0.3 is 16.2 Å². The number of carboxylic acids is 1. The Morgan fingerprint density at radius 2 is 2.40 bits per heavy atom. The minimum atomic E-state index is -1.03. The molecule has 1 aromatic rings. The summed E-state index contributed by atoms with van der Waals surface area (Å²) < 4.78 is 0. The molecule has 0 radical (unpaired) electrons. The van der Waals surface area contributed by atoms with Gasteiger partial charge in [0.1, 0.15) is 5.82 Å². The number of rotatable bonds is 5. The van der Waals surface area contributed by atoms with Gasteiger partial charge in [0.25, 0.3) is 0 Å². The van der Waals surface area contributed by atoms with Gasteiger partial charge in [0.15, 0.2) is 0 Å². The summed E-state index contributed by atoms with van der Waals surface area (Å²) in [5.74, 6) is -0.586.